The van der Waals surface area contributed by atoms with Crippen LogP contribution < -0.4 is 4.74 Å². The number of nitrogens with zero attached hydrogens (tertiary/aromatic N) is 1. The monoisotopic (exact) mass is 383 g/mol. The Labute approximate surface area is 160 Å². The molecule has 5 nitrogen and oxygen atoms in total. The van der Waals surface area contributed by atoms with E-state index in [1.165, 1.54) is 0 Å². The Morgan fingerprint density at radius 3 is 2.69 bits per heavy atom. The number of rotatable bonds is 9. The molecule has 1 fully saturated rings. The Hall–Kier alpha value is -1.11. The second-order valence-corrected chi connectivity index (χ2v) is 7.50. The summed E-state index contributed by atoms with van der Waals surface area (Å²) in [6.07, 6.45) is 6.63. The van der Waals surface area contributed by atoms with Crippen molar-refractivity contribution in [2.75, 3.05) is 32.8 Å². The largest absolute Gasteiger partial charge is 0.491 e. The Morgan fingerprint density at radius 2 is 2.04 bits per heavy atom. The van der Waals surface area contributed by atoms with E-state index in [-0.39, 0.29) is 13.2 Å². The molecule has 6 heteroatoms. The van der Waals surface area contributed by atoms with E-state index >= 15 is 0 Å². The van der Waals surface area contributed by atoms with E-state index in [9.17, 15) is 15.3 Å². The number of β-amino-alcohol motifs (C(OH)–C–C–N with tert-alkyl or cyclic N) is 1. The van der Waals surface area contributed by atoms with Crippen molar-refractivity contribution >= 4 is 17.7 Å². The molecule has 1 aromatic carbocycles. The van der Waals surface area contributed by atoms with E-state index in [0.717, 1.165) is 18.4 Å². The van der Waals surface area contributed by atoms with Gasteiger partial charge in [-0.1, -0.05) is 37.1 Å². The molecule has 3 N–H and O–H groups in total. The van der Waals surface area contributed by atoms with Crippen LogP contribution in [0.3, 0.4) is 0 Å². The third-order valence-corrected chi connectivity index (χ3v) is 4.87. The first-order valence-corrected chi connectivity index (χ1v) is 9.65. The number of aliphatic hydroxyl groups excluding tert-OH is 2. The molecule has 0 saturated carbocycles. The predicted molar refractivity (Wildman–Crippen MR) is 105 cm³/mol. The molecule has 1 heterocycles. The molecule has 2 rings (SSSR count). The highest BCUT2D eigenvalue weighted by molar-refractivity contribution is 6.30. The molecule has 1 atom stereocenters. The van der Waals surface area contributed by atoms with Gasteiger partial charge in [0, 0.05) is 24.7 Å². The molecule has 0 spiro atoms. The van der Waals surface area contributed by atoms with Crippen LogP contribution in [-0.2, 0) is 0 Å². The van der Waals surface area contributed by atoms with Crippen molar-refractivity contribution in [1.29, 1.82) is 0 Å². The molecule has 146 valence electrons. The summed E-state index contributed by atoms with van der Waals surface area (Å²) < 4.78 is 5.71. The third kappa shape index (κ3) is 6.89. The SMILES string of the molecule is CCC/C=C/c1cc(Cl)cc(OCC(O)CN2CCC(O)(CO)CC2)c1. The number of hydrogen-bond donors (Lipinski definition) is 3. The van der Waals surface area contributed by atoms with Gasteiger partial charge in [-0.3, -0.25) is 0 Å². The first kappa shape index (κ1) is 21.2. The Bertz CT molecular complexity index is 585. The lowest BCUT2D eigenvalue weighted by Crippen LogP contribution is -2.48. The highest BCUT2D eigenvalue weighted by atomic mass is 35.5. The molecule has 1 unspecified atom stereocenters. The lowest BCUT2D eigenvalue weighted by atomic mass is 9.92. The van der Waals surface area contributed by atoms with Crippen LogP contribution in [0.4, 0.5) is 0 Å². The average Bonchev–Trinajstić information content (AvgIpc) is 2.62. The van der Waals surface area contributed by atoms with Crippen LogP contribution in [0.15, 0.2) is 24.3 Å². The van der Waals surface area contributed by atoms with Crippen LogP contribution >= 0.6 is 11.6 Å². The smallest absolute Gasteiger partial charge is 0.121 e. The van der Waals surface area contributed by atoms with Gasteiger partial charge in [0.25, 0.3) is 0 Å². The molecule has 1 saturated heterocycles. The number of aliphatic hydroxyl groups is 3. The fraction of sp³-hybridized carbons (Fsp3) is 0.600. The summed E-state index contributed by atoms with van der Waals surface area (Å²) in [5, 5.41) is 30.1. The minimum Gasteiger partial charge on any atom is -0.491 e. The van der Waals surface area contributed by atoms with Gasteiger partial charge in [0.1, 0.15) is 18.5 Å². The topological polar surface area (TPSA) is 73.2 Å². The summed E-state index contributed by atoms with van der Waals surface area (Å²) in [5.74, 6) is 0.640. The van der Waals surface area contributed by atoms with Gasteiger partial charge in [-0.2, -0.15) is 0 Å². The maximum absolute atomic E-state index is 10.2. The van der Waals surface area contributed by atoms with Crippen LogP contribution in [0, 0.1) is 0 Å². The Kier molecular flexibility index (Phi) is 8.38. The van der Waals surface area contributed by atoms with Gasteiger partial charge in [-0.15, -0.1) is 0 Å². The number of hydrogen-bond acceptors (Lipinski definition) is 5. The highest BCUT2D eigenvalue weighted by Gasteiger charge is 2.31. The maximum atomic E-state index is 10.2. The third-order valence-electron chi connectivity index (χ3n) is 4.65. The molecule has 0 aromatic heterocycles. The summed E-state index contributed by atoms with van der Waals surface area (Å²) in [6.45, 7) is 3.88. The van der Waals surface area contributed by atoms with E-state index < -0.39 is 11.7 Å². The summed E-state index contributed by atoms with van der Waals surface area (Å²) in [4.78, 5) is 2.08. The summed E-state index contributed by atoms with van der Waals surface area (Å²) in [6, 6.07) is 5.54. The number of ether oxygens (including phenoxy) is 1. The number of likely N-dealkylation sites (tertiary alicyclic amines) is 1. The zero-order valence-electron chi connectivity index (χ0n) is 15.4. The lowest BCUT2D eigenvalue weighted by Gasteiger charge is -2.37. The van der Waals surface area contributed by atoms with Crippen LogP contribution in [0.25, 0.3) is 6.08 Å². The minimum absolute atomic E-state index is 0.180. The van der Waals surface area contributed by atoms with Gasteiger partial charge in [0.2, 0.25) is 0 Å². The number of unbranched alkanes of at least 4 members (excludes halogenated alkanes) is 1. The standard InChI is InChI=1S/C20H30ClNO4/c1-2-3-4-5-16-10-17(21)12-19(11-16)26-14-18(24)13-22-8-6-20(25,15-23)7-9-22/h4-5,10-12,18,23-25H,2-3,6-9,13-15H2,1H3/b5-4+. The fourth-order valence-corrected chi connectivity index (χ4v) is 3.24. The molecule has 0 amide bonds. The van der Waals surface area contributed by atoms with E-state index in [1.807, 2.05) is 18.2 Å². The maximum Gasteiger partial charge on any atom is 0.121 e. The molecule has 0 radical (unpaired) electrons. The molecule has 1 aliphatic heterocycles. The highest BCUT2D eigenvalue weighted by Crippen LogP contribution is 2.23. The molecule has 1 aliphatic rings. The first-order chi connectivity index (χ1) is 12.4. The van der Waals surface area contributed by atoms with E-state index in [2.05, 4.69) is 17.9 Å². The second-order valence-electron chi connectivity index (χ2n) is 7.06. The van der Waals surface area contributed by atoms with Gasteiger partial charge >= 0.3 is 0 Å². The first-order valence-electron chi connectivity index (χ1n) is 9.28. The Morgan fingerprint density at radius 1 is 1.31 bits per heavy atom. The van der Waals surface area contributed by atoms with Crippen LogP contribution in [-0.4, -0.2) is 64.8 Å². The predicted octanol–water partition coefficient (Wildman–Crippen LogP) is 2.71. The number of piperidine rings is 1. The molecule has 0 aliphatic carbocycles. The van der Waals surface area contributed by atoms with Gasteiger partial charge < -0.3 is 25.0 Å². The zero-order valence-corrected chi connectivity index (χ0v) is 16.2. The van der Waals surface area contributed by atoms with Gasteiger partial charge in [0.05, 0.1) is 12.2 Å². The van der Waals surface area contributed by atoms with Crippen LogP contribution in [0.1, 0.15) is 38.2 Å². The van der Waals surface area contributed by atoms with E-state index in [0.29, 0.717) is 43.2 Å². The van der Waals surface area contributed by atoms with Crippen LogP contribution in [0.5, 0.6) is 5.75 Å². The summed E-state index contributed by atoms with van der Waals surface area (Å²) in [7, 11) is 0. The Balaban J connectivity index is 1.81. The van der Waals surface area contributed by atoms with E-state index in [1.54, 1.807) is 6.07 Å². The molecule has 0 bridgehead atoms. The van der Waals surface area contributed by atoms with Gasteiger partial charge in [-0.05, 0) is 43.0 Å². The van der Waals surface area contributed by atoms with Gasteiger partial charge in [0.15, 0.2) is 0 Å². The average molecular weight is 384 g/mol. The molecule has 26 heavy (non-hydrogen) atoms. The zero-order chi connectivity index (χ0) is 19.0. The lowest BCUT2D eigenvalue weighted by molar-refractivity contribution is -0.0656. The van der Waals surface area contributed by atoms with Crippen molar-refractivity contribution < 1.29 is 20.1 Å². The normalized spacial score (nSPS) is 19.0. The molecule has 1 aromatic rings. The number of allylic oxidation sites excluding steroid dienone is 1. The number of benzene rings is 1. The summed E-state index contributed by atoms with van der Waals surface area (Å²) in [5.41, 5.74) is 0.00947. The minimum atomic E-state index is -0.972. The van der Waals surface area contributed by atoms with Crippen molar-refractivity contribution in [3.05, 3.63) is 34.9 Å². The molecular weight excluding hydrogens is 354 g/mol. The fourth-order valence-electron chi connectivity index (χ4n) is 3.00. The van der Waals surface area contributed by atoms with Gasteiger partial charge in [-0.25, -0.2) is 0 Å². The quantitative estimate of drug-likeness (QED) is 0.611. The van der Waals surface area contributed by atoms with Crippen molar-refractivity contribution in [2.45, 2.75) is 44.3 Å². The molecular formula is C20H30ClNO4. The number of halogens is 1. The van der Waals surface area contributed by atoms with Crippen molar-refractivity contribution in [3.8, 4) is 5.75 Å². The van der Waals surface area contributed by atoms with Crippen molar-refractivity contribution in [3.63, 3.8) is 0 Å². The van der Waals surface area contributed by atoms with Crippen molar-refractivity contribution in [1.82, 2.24) is 4.90 Å². The summed E-state index contributed by atoms with van der Waals surface area (Å²) >= 11 is 6.15. The van der Waals surface area contributed by atoms with Crippen molar-refractivity contribution in [2.24, 2.45) is 0 Å². The van der Waals surface area contributed by atoms with Crippen LogP contribution in [0.2, 0.25) is 5.02 Å². The second kappa shape index (κ2) is 10.3. The van der Waals surface area contributed by atoms with E-state index in [4.69, 9.17) is 16.3 Å².